The summed E-state index contributed by atoms with van der Waals surface area (Å²) in [7, 11) is 2.18. The van der Waals surface area contributed by atoms with E-state index in [-0.39, 0.29) is 29.8 Å². The van der Waals surface area contributed by atoms with Crippen molar-refractivity contribution in [3.05, 3.63) is 71.0 Å². The fourth-order valence-electron chi connectivity index (χ4n) is 3.36. The lowest BCUT2D eigenvalue weighted by atomic mass is 10.1. The average molecular weight is 525 g/mol. The van der Waals surface area contributed by atoms with Crippen LogP contribution in [0, 0.1) is 5.82 Å². The molecule has 0 amide bonds. The Hall–Kier alpha value is -1.71. The van der Waals surface area contributed by atoms with Crippen molar-refractivity contribution in [2.45, 2.75) is 26.6 Å². The Balaban J connectivity index is 0.00000320. The predicted molar refractivity (Wildman–Crippen MR) is 133 cm³/mol. The summed E-state index contributed by atoms with van der Waals surface area (Å²) in [6.07, 6.45) is 0. The molecule has 1 aliphatic heterocycles. The van der Waals surface area contributed by atoms with Crippen molar-refractivity contribution >= 4 is 29.9 Å². The zero-order valence-electron chi connectivity index (χ0n) is 17.9. The monoisotopic (exact) mass is 525 g/mol. The van der Waals surface area contributed by atoms with E-state index in [0.29, 0.717) is 13.1 Å². The van der Waals surface area contributed by atoms with Crippen molar-refractivity contribution in [1.82, 2.24) is 20.4 Å². The third-order valence-electron chi connectivity index (χ3n) is 5.14. The molecule has 3 rings (SSSR count). The maximum atomic E-state index is 13.3. The van der Waals surface area contributed by atoms with Crippen LogP contribution in [0.1, 0.15) is 23.6 Å². The van der Waals surface area contributed by atoms with Crippen molar-refractivity contribution < 1.29 is 4.39 Å². The van der Waals surface area contributed by atoms with E-state index in [1.165, 1.54) is 23.3 Å². The molecule has 2 N–H and O–H groups in total. The van der Waals surface area contributed by atoms with E-state index < -0.39 is 0 Å². The predicted octanol–water partition coefficient (Wildman–Crippen LogP) is 3.45. The maximum absolute atomic E-state index is 13.3. The van der Waals surface area contributed by atoms with Crippen LogP contribution in [0.2, 0.25) is 0 Å². The normalized spacial score (nSPS) is 15.5. The highest BCUT2D eigenvalue weighted by atomic mass is 127. The molecule has 7 heteroatoms. The lowest BCUT2D eigenvalue weighted by Crippen LogP contribution is -2.43. The molecule has 0 aromatic heterocycles. The van der Waals surface area contributed by atoms with E-state index in [0.717, 1.165) is 50.8 Å². The fraction of sp³-hybridized carbons (Fsp3) is 0.435. The molecule has 0 radical (unpaired) electrons. The van der Waals surface area contributed by atoms with Crippen molar-refractivity contribution in [2.24, 2.45) is 4.99 Å². The van der Waals surface area contributed by atoms with Crippen LogP contribution in [0.25, 0.3) is 0 Å². The maximum Gasteiger partial charge on any atom is 0.191 e. The van der Waals surface area contributed by atoms with E-state index in [1.807, 2.05) is 13.0 Å². The van der Waals surface area contributed by atoms with Crippen molar-refractivity contribution in [1.29, 1.82) is 0 Å². The van der Waals surface area contributed by atoms with E-state index in [2.05, 4.69) is 56.7 Å². The molecule has 5 nitrogen and oxygen atoms in total. The van der Waals surface area contributed by atoms with Gasteiger partial charge in [-0.1, -0.05) is 36.4 Å². The molecular weight excluding hydrogens is 492 g/mol. The van der Waals surface area contributed by atoms with E-state index >= 15 is 0 Å². The van der Waals surface area contributed by atoms with Gasteiger partial charge >= 0.3 is 0 Å². The lowest BCUT2D eigenvalue weighted by molar-refractivity contribution is 0.148. The highest BCUT2D eigenvalue weighted by molar-refractivity contribution is 14.0. The summed E-state index contributed by atoms with van der Waals surface area (Å²) in [6, 6.07) is 15.3. The molecule has 0 saturated carbocycles. The third-order valence-corrected chi connectivity index (χ3v) is 5.14. The molecule has 2 aromatic rings. The first-order valence-electron chi connectivity index (χ1n) is 10.4. The number of rotatable bonds is 7. The van der Waals surface area contributed by atoms with Gasteiger partial charge < -0.3 is 15.5 Å². The minimum absolute atomic E-state index is 0. The summed E-state index contributed by atoms with van der Waals surface area (Å²) in [5.74, 6) is 0.505. The standard InChI is InChI=1S/C23H32FN5.HI/c1-3-25-23(27-17-21-5-4-6-22(24)15-21)26-16-19-7-9-20(10-8-19)18-29-13-11-28(2)12-14-29;/h4-10,15H,3,11-14,16-18H2,1-2H3,(H2,25,26,27);1H. The van der Waals surface area contributed by atoms with E-state index in [9.17, 15) is 4.39 Å². The van der Waals surface area contributed by atoms with Crippen LogP contribution in [0.15, 0.2) is 53.5 Å². The lowest BCUT2D eigenvalue weighted by Gasteiger charge is -2.32. The number of nitrogens with one attached hydrogen (secondary N) is 2. The third kappa shape index (κ3) is 8.20. The molecule has 0 atom stereocenters. The number of hydrogen-bond acceptors (Lipinski definition) is 3. The van der Waals surface area contributed by atoms with E-state index in [1.54, 1.807) is 6.07 Å². The Morgan fingerprint density at radius 2 is 1.67 bits per heavy atom. The van der Waals surface area contributed by atoms with Crippen LogP contribution in [-0.2, 0) is 19.6 Å². The van der Waals surface area contributed by atoms with Crippen LogP contribution >= 0.6 is 24.0 Å². The second-order valence-corrected chi connectivity index (χ2v) is 7.57. The topological polar surface area (TPSA) is 42.9 Å². The number of likely N-dealkylation sites (N-methyl/N-ethyl adjacent to an activating group) is 1. The molecule has 30 heavy (non-hydrogen) atoms. The Kier molecular flexibility index (Phi) is 10.5. The highest BCUT2D eigenvalue weighted by Crippen LogP contribution is 2.10. The van der Waals surface area contributed by atoms with Crippen LogP contribution in [0.3, 0.4) is 0 Å². The molecule has 1 heterocycles. The number of hydrogen-bond donors (Lipinski definition) is 2. The van der Waals surface area contributed by atoms with Gasteiger partial charge in [0, 0.05) is 45.8 Å². The Labute approximate surface area is 196 Å². The number of guanidine groups is 1. The van der Waals surface area contributed by atoms with Gasteiger partial charge in [0.1, 0.15) is 5.82 Å². The molecule has 0 unspecified atom stereocenters. The molecule has 1 fully saturated rings. The zero-order valence-corrected chi connectivity index (χ0v) is 20.2. The minimum Gasteiger partial charge on any atom is -0.357 e. The van der Waals surface area contributed by atoms with Gasteiger partial charge in [0.15, 0.2) is 5.96 Å². The van der Waals surface area contributed by atoms with Crippen LogP contribution in [0.5, 0.6) is 0 Å². The fourth-order valence-corrected chi connectivity index (χ4v) is 3.36. The Bertz CT molecular complexity index is 788. The molecule has 164 valence electrons. The molecule has 2 aromatic carbocycles. The number of aliphatic imine (C=N–C) groups is 1. The first kappa shape index (κ1) is 24.6. The van der Waals surface area contributed by atoms with Crippen molar-refractivity contribution in [3.8, 4) is 0 Å². The van der Waals surface area contributed by atoms with Crippen LogP contribution < -0.4 is 10.6 Å². The molecule has 1 saturated heterocycles. The van der Waals surface area contributed by atoms with Gasteiger partial charge in [-0.2, -0.15) is 0 Å². The number of benzene rings is 2. The number of nitrogens with zero attached hydrogens (tertiary/aromatic N) is 3. The van der Waals surface area contributed by atoms with Crippen LogP contribution in [-0.4, -0.2) is 55.5 Å². The molecular formula is C23H33FIN5. The molecule has 0 aliphatic carbocycles. The van der Waals surface area contributed by atoms with E-state index in [4.69, 9.17) is 0 Å². The summed E-state index contributed by atoms with van der Waals surface area (Å²) in [5, 5.41) is 6.60. The summed E-state index contributed by atoms with van der Waals surface area (Å²) in [5.41, 5.74) is 3.42. The van der Waals surface area contributed by atoms with Gasteiger partial charge in [0.25, 0.3) is 0 Å². The van der Waals surface area contributed by atoms with Gasteiger partial charge in [-0.25, -0.2) is 9.38 Å². The molecule has 0 bridgehead atoms. The zero-order chi connectivity index (χ0) is 20.5. The first-order valence-corrected chi connectivity index (χ1v) is 10.4. The summed E-state index contributed by atoms with van der Waals surface area (Å²) in [4.78, 5) is 9.45. The Morgan fingerprint density at radius 1 is 0.967 bits per heavy atom. The second-order valence-electron chi connectivity index (χ2n) is 7.57. The SMILES string of the molecule is CCNC(=NCc1cccc(F)c1)NCc1ccc(CN2CCN(C)CC2)cc1.I. The van der Waals surface area contributed by atoms with Crippen molar-refractivity contribution in [3.63, 3.8) is 0 Å². The molecule has 0 spiro atoms. The number of piperazine rings is 1. The van der Waals surface area contributed by atoms with Gasteiger partial charge in [-0.05, 0) is 42.8 Å². The summed E-state index contributed by atoms with van der Waals surface area (Å²) in [6.45, 7) is 9.52. The van der Waals surface area contributed by atoms with Crippen molar-refractivity contribution in [2.75, 3.05) is 39.8 Å². The highest BCUT2D eigenvalue weighted by Gasteiger charge is 2.13. The Morgan fingerprint density at radius 3 is 2.33 bits per heavy atom. The average Bonchev–Trinajstić information content (AvgIpc) is 2.73. The largest absolute Gasteiger partial charge is 0.357 e. The first-order chi connectivity index (χ1) is 14.1. The number of halogens is 2. The minimum atomic E-state index is -0.229. The van der Waals surface area contributed by atoms with Gasteiger partial charge in [0.2, 0.25) is 0 Å². The summed E-state index contributed by atoms with van der Waals surface area (Å²) >= 11 is 0. The second kappa shape index (κ2) is 12.9. The smallest absolute Gasteiger partial charge is 0.191 e. The quantitative estimate of drug-likeness (QED) is 0.330. The van der Waals surface area contributed by atoms with Gasteiger partial charge in [0.05, 0.1) is 6.54 Å². The summed E-state index contributed by atoms with van der Waals surface area (Å²) < 4.78 is 13.3. The van der Waals surface area contributed by atoms with Crippen LogP contribution in [0.4, 0.5) is 4.39 Å². The molecule has 1 aliphatic rings. The van der Waals surface area contributed by atoms with Gasteiger partial charge in [-0.15, -0.1) is 24.0 Å². The van der Waals surface area contributed by atoms with Gasteiger partial charge in [-0.3, -0.25) is 4.90 Å².